The van der Waals surface area contributed by atoms with Crippen molar-refractivity contribution in [3.8, 4) is 23.0 Å². The fourth-order valence-corrected chi connectivity index (χ4v) is 3.32. The number of fused-ring (bicyclic) bond motifs is 1. The van der Waals surface area contributed by atoms with Crippen LogP contribution in [-0.2, 0) is 4.79 Å². The third kappa shape index (κ3) is 5.82. The van der Waals surface area contributed by atoms with Crippen molar-refractivity contribution in [2.24, 2.45) is 5.10 Å². The maximum absolute atomic E-state index is 13.0. The minimum atomic E-state index is -0.779. The number of carbonyl (C=O) groups is 2. The van der Waals surface area contributed by atoms with Crippen LogP contribution in [-0.4, -0.2) is 42.0 Å². The van der Waals surface area contributed by atoms with Gasteiger partial charge in [0.25, 0.3) is 11.8 Å². The Morgan fingerprint density at radius 1 is 1.08 bits per heavy atom. The van der Waals surface area contributed by atoms with Crippen LogP contribution in [0, 0.1) is 10.1 Å². The molecule has 1 heterocycles. The van der Waals surface area contributed by atoms with Gasteiger partial charge >= 0.3 is 5.69 Å². The van der Waals surface area contributed by atoms with E-state index in [9.17, 15) is 24.8 Å². The fraction of sp³-hybridized carbons (Fsp3) is 0.0800. The minimum absolute atomic E-state index is 0.0789. The molecule has 12 nitrogen and oxygen atoms in total. The lowest BCUT2D eigenvalue weighted by molar-refractivity contribution is -0.386. The molecule has 0 saturated carbocycles. The third-order valence-electron chi connectivity index (χ3n) is 5.11. The molecule has 0 aromatic heterocycles. The number of nitrogens with one attached hydrogen (secondary N) is 2. The zero-order valence-corrected chi connectivity index (χ0v) is 19.3. The van der Waals surface area contributed by atoms with E-state index in [1.807, 2.05) is 0 Å². The van der Waals surface area contributed by atoms with Crippen LogP contribution in [0.5, 0.6) is 23.0 Å². The van der Waals surface area contributed by atoms with Crippen LogP contribution in [0.25, 0.3) is 6.08 Å². The van der Waals surface area contributed by atoms with Crippen LogP contribution in [0.1, 0.15) is 21.5 Å². The van der Waals surface area contributed by atoms with Crippen LogP contribution < -0.4 is 25.0 Å². The summed E-state index contributed by atoms with van der Waals surface area (Å²) in [4.78, 5) is 36.1. The second-order valence-electron chi connectivity index (χ2n) is 7.54. The molecule has 3 aromatic carbocycles. The first-order valence-electron chi connectivity index (χ1n) is 10.7. The van der Waals surface area contributed by atoms with Crippen LogP contribution in [0.3, 0.4) is 0 Å². The van der Waals surface area contributed by atoms with Gasteiger partial charge in [-0.1, -0.05) is 24.3 Å². The first kappa shape index (κ1) is 24.7. The summed E-state index contributed by atoms with van der Waals surface area (Å²) in [7, 11) is 1.24. The van der Waals surface area contributed by atoms with E-state index in [1.165, 1.54) is 19.3 Å². The number of hydrogen-bond donors (Lipinski definition) is 3. The Morgan fingerprint density at radius 2 is 1.84 bits per heavy atom. The summed E-state index contributed by atoms with van der Waals surface area (Å²) >= 11 is 0. The van der Waals surface area contributed by atoms with Crippen molar-refractivity contribution >= 4 is 29.8 Å². The summed E-state index contributed by atoms with van der Waals surface area (Å²) in [6, 6.07) is 15.7. The summed E-state index contributed by atoms with van der Waals surface area (Å²) in [6.45, 7) is 0.0789. The van der Waals surface area contributed by atoms with Crippen molar-refractivity contribution in [2.75, 3.05) is 13.9 Å². The van der Waals surface area contributed by atoms with E-state index >= 15 is 0 Å². The number of hydrazone groups is 1. The Balaban J connectivity index is 1.58. The van der Waals surface area contributed by atoms with Crippen LogP contribution in [0.2, 0.25) is 0 Å². The van der Waals surface area contributed by atoms with Gasteiger partial charge < -0.3 is 24.6 Å². The first-order chi connectivity index (χ1) is 17.9. The predicted molar refractivity (Wildman–Crippen MR) is 132 cm³/mol. The average Bonchev–Trinajstić information content (AvgIpc) is 3.37. The number of phenolic OH excluding ortho intramolecular Hbond substituents is 1. The highest BCUT2D eigenvalue weighted by molar-refractivity contribution is 6.05. The summed E-state index contributed by atoms with van der Waals surface area (Å²) in [5.41, 5.74) is 2.62. The fourth-order valence-electron chi connectivity index (χ4n) is 3.32. The molecule has 0 bridgehead atoms. The zero-order valence-electron chi connectivity index (χ0n) is 19.3. The number of methoxy groups -OCH3 is 1. The maximum atomic E-state index is 13.0. The lowest BCUT2D eigenvalue weighted by atomic mass is 10.1. The van der Waals surface area contributed by atoms with E-state index in [4.69, 9.17) is 14.2 Å². The van der Waals surface area contributed by atoms with E-state index in [2.05, 4.69) is 15.8 Å². The van der Waals surface area contributed by atoms with Crippen molar-refractivity contribution in [1.82, 2.24) is 10.7 Å². The summed E-state index contributed by atoms with van der Waals surface area (Å²) in [5.74, 6) is -1.01. The number of aromatic hydroxyl groups is 1. The summed E-state index contributed by atoms with van der Waals surface area (Å²) in [6.07, 6.45) is 2.56. The smallest absolute Gasteiger partial charge is 0.315 e. The Bertz CT molecular complexity index is 1420. The Kier molecular flexibility index (Phi) is 7.29. The molecule has 1 aliphatic heterocycles. The Labute approximate surface area is 209 Å². The lowest BCUT2D eigenvalue weighted by Gasteiger charge is -2.09. The maximum Gasteiger partial charge on any atom is 0.315 e. The molecule has 12 heteroatoms. The number of amides is 2. The largest absolute Gasteiger partial charge is 0.500 e. The van der Waals surface area contributed by atoms with Crippen molar-refractivity contribution in [1.29, 1.82) is 0 Å². The van der Waals surface area contributed by atoms with E-state index < -0.39 is 28.2 Å². The molecule has 0 spiro atoms. The van der Waals surface area contributed by atoms with Gasteiger partial charge in [-0.2, -0.15) is 5.10 Å². The monoisotopic (exact) mass is 504 g/mol. The van der Waals surface area contributed by atoms with Crippen molar-refractivity contribution in [3.63, 3.8) is 0 Å². The molecule has 188 valence electrons. The summed E-state index contributed by atoms with van der Waals surface area (Å²) < 4.78 is 15.6. The van der Waals surface area contributed by atoms with Crippen molar-refractivity contribution < 1.29 is 33.8 Å². The Hall–Kier alpha value is -5.39. The highest BCUT2D eigenvalue weighted by Gasteiger charge is 2.20. The number of nitro groups is 1. The first-order valence-corrected chi connectivity index (χ1v) is 10.7. The Morgan fingerprint density at radius 3 is 2.57 bits per heavy atom. The van der Waals surface area contributed by atoms with Gasteiger partial charge in [0, 0.05) is 17.2 Å². The van der Waals surface area contributed by atoms with Crippen LogP contribution >= 0.6 is 0 Å². The molecule has 0 saturated heterocycles. The topological polar surface area (TPSA) is 162 Å². The van der Waals surface area contributed by atoms with Gasteiger partial charge in [0.1, 0.15) is 5.70 Å². The van der Waals surface area contributed by atoms with Crippen molar-refractivity contribution in [2.45, 2.75) is 0 Å². The second kappa shape index (κ2) is 10.9. The highest BCUT2D eigenvalue weighted by atomic mass is 16.7. The van der Waals surface area contributed by atoms with Crippen molar-refractivity contribution in [3.05, 3.63) is 93.2 Å². The van der Waals surface area contributed by atoms with Gasteiger partial charge in [-0.3, -0.25) is 19.7 Å². The SMILES string of the molecule is COc1cc(/C=N/NC(=O)/C(=C\c2ccc3c(c2)OCO3)NC(=O)c2ccccc2)cc([N+](=O)[O-])c1O. The van der Waals surface area contributed by atoms with Gasteiger partial charge in [-0.25, -0.2) is 5.43 Å². The minimum Gasteiger partial charge on any atom is -0.500 e. The highest BCUT2D eigenvalue weighted by Crippen LogP contribution is 2.36. The number of phenols is 1. The van der Waals surface area contributed by atoms with E-state index in [0.717, 1.165) is 12.3 Å². The molecule has 0 unspecified atom stereocenters. The molecule has 3 aromatic rings. The van der Waals surface area contributed by atoms with Gasteiger partial charge in [0.2, 0.25) is 12.5 Å². The molecule has 3 N–H and O–H groups in total. The van der Waals surface area contributed by atoms with Gasteiger partial charge in [-0.05, 0) is 42.0 Å². The number of ether oxygens (including phenoxy) is 3. The van der Waals surface area contributed by atoms with Crippen LogP contribution in [0.4, 0.5) is 5.69 Å². The number of carbonyl (C=O) groups excluding carboxylic acids is 2. The molecule has 0 fully saturated rings. The summed E-state index contributed by atoms with van der Waals surface area (Å²) in [5, 5.41) is 27.5. The average molecular weight is 504 g/mol. The quantitative estimate of drug-likeness (QED) is 0.183. The molecule has 0 atom stereocenters. The lowest BCUT2D eigenvalue weighted by Crippen LogP contribution is -2.32. The molecule has 1 aliphatic rings. The van der Waals surface area contributed by atoms with Gasteiger partial charge in [-0.15, -0.1) is 0 Å². The molecular weight excluding hydrogens is 484 g/mol. The van der Waals surface area contributed by atoms with Gasteiger partial charge in [0.05, 0.1) is 18.2 Å². The van der Waals surface area contributed by atoms with E-state index in [1.54, 1.807) is 48.5 Å². The molecule has 0 aliphatic carbocycles. The number of hydrogen-bond acceptors (Lipinski definition) is 9. The molecule has 2 amide bonds. The van der Waals surface area contributed by atoms with E-state index in [-0.39, 0.29) is 23.8 Å². The standard InChI is InChI=1S/C25H20N4O8/c1-35-22-12-16(10-19(23(22)30)29(33)34)13-26-28-25(32)18(27-24(31)17-5-3-2-4-6-17)9-15-7-8-20-21(11-15)37-14-36-20/h2-13,30H,14H2,1H3,(H,27,31)(H,28,32)/b18-9+,26-13+. The second-order valence-corrected chi connectivity index (χ2v) is 7.54. The molecular formula is C25H20N4O8. The number of nitrogens with zero attached hydrogens (tertiary/aromatic N) is 2. The molecule has 0 radical (unpaired) electrons. The predicted octanol–water partition coefficient (Wildman–Crippen LogP) is 2.96. The molecule has 37 heavy (non-hydrogen) atoms. The van der Waals surface area contributed by atoms with Crippen LogP contribution in [0.15, 0.2) is 71.5 Å². The normalized spacial score (nSPS) is 12.3. The number of benzene rings is 3. The number of nitro benzene ring substituents is 1. The van der Waals surface area contributed by atoms with Gasteiger partial charge in [0.15, 0.2) is 17.2 Å². The zero-order chi connectivity index (χ0) is 26.4. The third-order valence-corrected chi connectivity index (χ3v) is 5.11. The molecule has 4 rings (SSSR count). The van der Waals surface area contributed by atoms with E-state index in [0.29, 0.717) is 22.6 Å². The number of rotatable bonds is 8.